The molecular formula is C23H26FN3O2. The number of oxime groups is 1. The Kier molecular flexibility index (Phi) is 5.62. The van der Waals surface area contributed by atoms with Gasteiger partial charge in [-0.15, -0.1) is 0 Å². The molecule has 1 spiro atoms. The minimum Gasteiger partial charge on any atom is -0.387 e. The lowest BCUT2D eigenvalue weighted by Gasteiger charge is -2.21. The van der Waals surface area contributed by atoms with Gasteiger partial charge in [0, 0.05) is 39.0 Å². The van der Waals surface area contributed by atoms with E-state index in [4.69, 9.17) is 4.84 Å². The van der Waals surface area contributed by atoms with Crippen LogP contribution < -0.4 is 5.32 Å². The molecule has 0 aliphatic carbocycles. The van der Waals surface area contributed by atoms with Gasteiger partial charge >= 0.3 is 0 Å². The van der Waals surface area contributed by atoms with E-state index in [0.29, 0.717) is 25.2 Å². The molecule has 1 saturated heterocycles. The van der Waals surface area contributed by atoms with Crippen LogP contribution in [0, 0.1) is 5.82 Å². The van der Waals surface area contributed by atoms with Crippen LogP contribution in [0.4, 0.5) is 4.39 Å². The van der Waals surface area contributed by atoms with Crippen molar-refractivity contribution in [1.29, 1.82) is 0 Å². The number of halogens is 1. The molecule has 2 atom stereocenters. The lowest BCUT2D eigenvalue weighted by molar-refractivity contribution is -0.115. The van der Waals surface area contributed by atoms with Crippen LogP contribution in [0.25, 0.3) is 0 Å². The van der Waals surface area contributed by atoms with E-state index >= 15 is 0 Å². The second-order valence-electron chi connectivity index (χ2n) is 8.10. The summed E-state index contributed by atoms with van der Waals surface area (Å²) >= 11 is 0. The van der Waals surface area contributed by atoms with Crippen molar-refractivity contribution in [2.45, 2.75) is 37.8 Å². The molecule has 2 aromatic carbocycles. The molecule has 2 heterocycles. The first-order valence-corrected chi connectivity index (χ1v) is 10.1. The van der Waals surface area contributed by atoms with Crippen molar-refractivity contribution >= 4 is 11.6 Å². The summed E-state index contributed by atoms with van der Waals surface area (Å²) in [6.45, 7) is 4.97. The quantitative estimate of drug-likeness (QED) is 0.815. The van der Waals surface area contributed by atoms with Crippen molar-refractivity contribution in [2.24, 2.45) is 5.16 Å². The summed E-state index contributed by atoms with van der Waals surface area (Å²) in [5, 5.41) is 7.09. The summed E-state index contributed by atoms with van der Waals surface area (Å²) in [4.78, 5) is 20.6. The van der Waals surface area contributed by atoms with E-state index in [1.54, 1.807) is 12.1 Å². The molecule has 6 heteroatoms. The molecule has 0 unspecified atom stereocenters. The molecule has 0 radical (unpaired) electrons. The first-order valence-electron chi connectivity index (χ1n) is 10.1. The molecule has 4 rings (SSSR count). The van der Waals surface area contributed by atoms with Gasteiger partial charge in [0.05, 0.1) is 0 Å². The predicted molar refractivity (Wildman–Crippen MR) is 110 cm³/mol. The van der Waals surface area contributed by atoms with E-state index in [-0.39, 0.29) is 17.6 Å². The Morgan fingerprint density at radius 1 is 1.24 bits per heavy atom. The number of rotatable bonds is 6. The SMILES string of the molecule is C[C@H](CNC(=O)C1=NO[C@]2(CCN(Cc3ccc(F)cc3)C2)C1)c1ccccc1. The van der Waals surface area contributed by atoms with Crippen LogP contribution in [-0.4, -0.2) is 41.8 Å². The minimum atomic E-state index is -0.419. The van der Waals surface area contributed by atoms with E-state index < -0.39 is 5.60 Å². The van der Waals surface area contributed by atoms with Gasteiger partial charge in [0.2, 0.25) is 0 Å². The van der Waals surface area contributed by atoms with Gasteiger partial charge in [0.15, 0.2) is 5.60 Å². The average molecular weight is 395 g/mol. The summed E-state index contributed by atoms with van der Waals surface area (Å²) in [6, 6.07) is 16.7. The smallest absolute Gasteiger partial charge is 0.269 e. The maximum Gasteiger partial charge on any atom is 0.269 e. The Labute approximate surface area is 170 Å². The second-order valence-corrected chi connectivity index (χ2v) is 8.10. The maximum atomic E-state index is 13.1. The Balaban J connectivity index is 1.27. The fourth-order valence-corrected chi connectivity index (χ4v) is 4.02. The van der Waals surface area contributed by atoms with Crippen molar-refractivity contribution < 1.29 is 14.0 Å². The molecular weight excluding hydrogens is 369 g/mol. The third-order valence-corrected chi connectivity index (χ3v) is 5.75. The molecule has 2 aliphatic rings. The first kappa shape index (κ1) is 19.6. The third-order valence-electron chi connectivity index (χ3n) is 5.75. The zero-order chi connectivity index (χ0) is 20.3. The minimum absolute atomic E-state index is 0.151. The third kappa shape index (κ3) is 4.65. The number of nitrogens with zero attached hydrogens (tertiary/aromatic N) is 2. The zero-order valence-electron chi connectivity index (χ0n) is 16.6. The van der Waals surface area contributed by atoms with Gasteiger partial charge in [0.1, 0.15) is 11.5 Å². The van der Waals surface area contributed by atoms with Crippen molar-refractivity contribution in [3.63, 3.8) is 0 Å². The summed E-state index contributed by atoms with van der Waals surface area (Å²) in [5.41, 5.74) is 2.31. The van der Waals surface area contributed by atoms with Crippen molar-refractivity contribution in [3.05, 3.63) is 71.5 Å². The highest BCUT2D eigenvalue weighted by atomic mass is 19.1. The summed E-state index contributed by atoms with van der Waals surface area (Å²) in [7, 11) is 0. The molecule has 1 fully saturated rings. The molecule has 2 aromatic rings. The monoisotopic (exact) mass is 395 g/mol. The fraction of sp³-hybridized carbons (Fsp3) is 0.391. The van der Waals surface area contributed by atoms with Gasteiger partial charge in [-0.2, -0.15) is 0 Å². The Morgan fingerprint density at radius 2 is 2.00 bits per heavy atom. The van der Waals surface area contributed by atoms with E-state index in [0.717, 1.165) is 25.1 Å². The van der Waals surface area contributed by atoms with Gasteiger partial charge in [-0.05, 0) is 29.2 Å². The summed E-state index contributed by atoms with van der Waals surface area (Å²) in [5.74, 6) is -0.146. The largest absolute Gasteiger partial charge is 0.387 e. The van der Waals surface area contributed by atoms with E-state index in [2.05, 4.69) is 34.4 Å². The number of hydrogen-bond donors (Lipinski definition) is 1. The van der Waals surface area contributed by atoms with Crippen LogP contribution in [0.5, 0.6) is 0 Å². The Bertz CT molecular complexity index is 885. The van der Waals surface area contributed by atoms with E-state index in [9.17, 15) is 9.18 Å². The predicted octanol–water partition coefficient (Wildman–Crippen LogP) is 3.47. The molecule has 0 bridgehead atoms. The lowest BCUT2D eigenvalue weighted by Crippen LogP contribution is -2.37. The molecule has 29 heavy (non-hydrogen) atoms. The maximum absolute atomic E-state index is 13.1. The highest BCUT2D eigenvalue weighted by Crippen LogP contribution is 2.34. The number of likely N-dealkylation sites (tertiary alicyclic amines) is 1. The number of carbonyl (C=O) groups is 1. The second kappa shape index (κ2) is 8.33. The fourth-order valence-electron chi connectivity index (χ4n) is 4.02. The number of amides is 1. The molecule has 152 valence electrons. The number of nitrogens with one attached hydrogen (secondary N) is 1. The molecule has 2 aliphatic heterocycles. The van der Waals surface area contributed by atoms with E-state index in [1.165, 1.54) is 17.7 Å². The number of hydrogen-bond acceptors (Lipinski definition) is 4. The summed E-state index contributed by atoms with van der Waals surface area (Å²) < 4.78 is 13.1. The molecule has 0 saturated carbocycles. The highest BCUT2D eigenvalue weighted by Gasteiger charge is 2.46. The van der Waals surface area contributed by atoms with Gasteiger partial charge in [-0.25, -0.2) is 4.39 Å². The van der Waals surface area contributed by atoms with Crippen LogP contribution in [0.1, 0.15) is 36.8 Å². The lowest BCUT2D eigenvalue weighted by atomic mass is 9.96. The Hall–Kier alpha value is -2.73. The topological polar surface area (TPSA) is 53.9 Å². The number of benzene rings is 2. The van der Waals surface area contributed by atoms with Crippen molar-refractivity contribution in [3.8, 4) is 0 Å². The molecule has 5 nitrogen and oxygen atoms in total. The molecule has 0 aromatic heterocycles. The van der Waals surface area contributed by atoms with Crippen LogP contribution in [0.15, 0.2) is 59.8 Å². The summed E-state index contributed by atoms with van der Waals surface area (Å²) in [6.07, 6.45) is 1.35. The van der Waals surface area contributed by atoms with Gasteiger partial charge < -0.3 is 10.2 Å². The van der Waals surface area contributed by atoms with Crippen molar-refractivity contribution in [1.82, 2.24) is 10.2 Å². The zero-order valence-corrected chi connectivity index (χ0v) is 16.6. The molecule has 1 N–H and O–H groups in total. The van der Waals surface area contributed by atoms with Crippen molar-refractivity contribution in [2.75, 3.05) is 19.6 Å². The van der Waals surface area contributed by atoms with Crippen LogP contribution in [-0.2, 0) is 16.2 Å². The van der Waals surface area contributed by atoms with E-state index in [1.807, 2.05) is 18.2 Å². The normalized spacial score (nSPS) is 22.3. The standard InChI is InChI=1S/C23H26FN3O2/c1-17(19-5-3-2-4-6-19)14-25-22(28)21-13-23(29-26-21)11-12-27(16-23)15-18-7-9-20(24)10-8-18/h2-10,17H,11-16H2,1H3,(H,25,28)/t17-,23-/m1/s1. The van der Waals surface area contributed by atoms with Gasteiger partial charge in [0.25, 0.3) is 5.91 Å². The number of carbonyl (C=O) groups excluding carboxylic acids is 1. The van der Waals surface area contributed by atoms with Crippen LogP contribution >= 0.6 is 0 Å². The van der Waals surface area contributed by atoms with Crippen LogP contribution in [0.2, 0.25) is 0 Å². The van der Waals surface area contributed by atoms with Gasteiger partial charge in [-0.3, -0.25) is 9.69 Å². The van der Waals surface area contributed by atoms with Crippen LogP contribution in [0.3, 0.4) is 0 Å². The Morgan fingerprint density at radius 3 is 2.76 bits per heavy atom. The first-order chi connectivity index (χ1) is 14.0. The highest BCUT2D eigenvalue weighted by molar-refractivity contribution is 6.39. The van der Waals surface area contributed by atoms with Gasteiger partial charge in [-0.1, -0.05) is 54.5 Å². The molecule has 1 amide bonds. The average Bonchev–Trinajstić information content (AvgIpc) is 3.35.